The summed E-state index contributed by atoms with van der Waals surface area (Å²) in [6.07, 6.45) is 0. The topological polar surface area (TPSA) is 37.8 Å². The van der Waals surface area contributed by atoms with E-state index in [1.54, 1.807) is 23.1 Å². The lowest BCUT2D eigenvalue weighted by molar-refractivity contribution is 1.00. The maximum absolute atomic E-state index is 4.16. The van der Waals surface area contributed by atoms with Gasteiger partial charge in [-0.3, -0.25) is 0 Å². The Bertz CT molecular complexity index is 535. The van der Waals surface area contributed by atoms with E-state index < -0.39 is 0 Å². The van der Waals surface area contributed by atoms with Crippen LogP contribution in [0.15, 0.2) is 22.5 Å². The van der Waals surface area contributed by atoms with Crippen LogP contribution in [-0.2, 0) is 0 Å². The fraction of sp³-hybridized carbons (Fsp3) is 0.385. The Hall–Kier alpha value is -1.07. The van der Waals surface area contributed by atoms with E-state index in [2.05, 4.69) is 61.4 Å². The largest absolute Gasteiger partial charge is 0.330 e. The first-order chi connectivity index (χ1) is 8.54. The summed E-state index contributed by atoms with van der Waals surface area (Å²) in [5.74, 6) is 0. The molecule has 18 heavy (non-hydrogen) atoms. The molecule has 0 radical (unpaired) electrons. The van der Waals surface area contributed by atoms with E-state index in [0.717, 1.165) is 15.2 Å². The van der Waals surface area contributed by atoms with E-state index in [-0.39, 0.29) is 0 Å². The zero-order chi connectivity index (χ0) is 13.1. The molecule has 1 aromatic carbocycles. The smallest absolute Gasteiger partial charge is 0.210 e. The monoisotopic (exact) mass is 279 g/mol. The Kier molecular flexibility index (Phi) is 4.24. The second-order valence-corrected chi connectivity index (χ2v) is 7.26. The van der Waals surface area contributed by atoms with Crippen molar-refractivity contribution in [2.75, 3.05) is 5.32 Å². The van der Waals surface area contributed by atoms with E-state index in [0.29, 0.717) is 5.25 Å². The lowest BCUT2D eigenvalue weighted by Gasteiger charge is -2.05. The van der Waals surface area contributed by atoms with Gasteiger partial charge >= 0.3 is 0 Å². The summed E-state index contributed by atoms with van der Waals surface area (Å²) in [5.41, 5.74) is 3.64. The Labute approximate surface area is 116 Å². The fourth-order valence-electron chi connectivity index (χ4n) is 1.45. The minimum atomic E-state index is 0.535. The zero-order valence-corrected chi connectivity index (χ0v) is 12.7. The van der Waals surface area contributed by atoms with Crippen LogP contribution in [0.2, 0.25) is 0 Å². The van der Waals surface area contributed by atoms with Gasteiger partial charge in [0.25, 0.3) is 0 Å². The Balaban J connectivity index is 2.08. The summed E-state index contributed by atoms with van der Waals surface area (Å²) in [6.45, 7) is 8.53. The molecule has 2 rings (SSSR count). The molecule has 3 nitrogen and oxygen atoms in total. The molecule has 0 aliphatic heterocycles. The van der Waals surface area contributed by atoms with Gasteiger partial charge in [0, 0.05) is 10.9 Å². The van der Waals surface area contributed by atoms with Gasteiger partial charge in [0.05, 0.1) is 0 Å². The molecule has 5 heteroatoms. The molecule has 1 heterocycles. The third-order valence-corrected chi connectivity index (χ3v) is 4.43. The summed E-state index contributed by atoms with van der Waals surface area (Å²) in [7, 11) is 0. The van der Waals surface area contributed by atoms with Gasteiger partial charge in [-0.05, 0) is 37.1 Å². The van der Waals surface area contributed by atoms with Crippen molar-refractivity contribution in [2.24, 2.45) is 0 Å². The average Bonchev–Trinajstić information content (AvgIpc) is 2.70. The molecule has 0 amide bonds. The van der Waals surface area contributed by atoms with Gasteiger partial charge in [0.1, 0.15) is 0 Å². The van der Waals surface area contributed by atoms with E-state index in [1.165, 1.54) is 11.1 Å². The molecular weight excluding hydrogens is 262 g/mol. The quantitative estimate of drug-likeness (QED) is 0.842. The third kappa shape index (κ3) is 3.46. The molecule has 1 aromatic heterocycles. The van der Waals surface area contributed by atoms with Gasteiger partial charge < -0.3 is 5.32 Å². The average molecular weight is 279 g/mol. The number of aryl methyl sites for hydroxylation is 2. The van der Waals surface area contributed by atoms with Crippen molar-refractivity contribution < 1.29 is 0 Å². The van der Waals surface area contributed by atoms with Crippen LogP contribution in [0.1, 0.15) is 25.0 Å². The minimum Gasteiger partial charge on any atom is -0.330 e. The van der Waals surface area contributed by atoms with Crippen molar-refractivity contribution in [2.45, 2.75) is 37.3 Å². The Morgan fingerprint density at radius 2 is 1.94 bits per heavy atom. The van der Waals surface area contributed by atoms with Crippen molar-refractivity contribution in [1.29, 1.82) is 0 Å². The number of hydrogen-bond acceptors (Lipinski definition) is 5. The van der Waals surface area contributed by atoms with Gasteiger partial charge in [-0.25, -0.2) is 0 Å². The van der Waals surface area contributed by atoms with Crippen molar-refractivity contribution >= 4 is 33.9 Å². The number of nitrogens with one attached hydrogen (secondary N) is 1. The first-order valence-electron chi connectivity index (χ1n) is 5.89. The maximum atomic E-state index is 4.16. The summed E-state index contributed by atoms with van der Waals surface area (Å²) in [6, 6.07) is 6.31. The van der Waals surface area contributed by atoms with Crippen LogP contribution in [0.3, 0.4) is 0 Å². The second-order valence-electron chi connectivity index (χ2n) is 4.46. The molecular formula is C13H17N3S2. The number of rotatable bonds is 4. The predicted molar refractivity (Wildman–Crippen MR) is 80.1 cm³/mol. The SMILES string of the molecule is Cc1ccc(Nc2nnc(SC(C)C)s2)cc1C. The van der Waals surface area contributed by atoms with Crippen LogP contribution in [0, 0.1) is 13.8 Å². The summed E-state index contributed by atoms with van der Waals surface area (Å²) in [5, 5.41) is 13.0. The van der Waals surface area contributed by atoms with E-state index in [4.69, 9.17) is 0 Å². The molecule has 2 aromatic rings. The lowest BCUT2D eigenvalue weighted by Crippen LogP contribution is -1.91. The highest BCUT2D eigenvalue weighted by atomic mass is 32.2. The highest BCUT2D eigenvalue weighted by Gasteiger charge is 2.07. The molecule has 0 aliphatic carbocycles. The molecule has 96 valence electrons. The van der Waals surface area contributed by atoms with Crippen LogP contribution >= 0.6 is 23.1 Å². The van der Waals surface area contributed by atoms with E-state index in [1.807, 2.05) is 0 Å². The third-order valence-electron chi connectivity index (χ3n) is 2.50. The number of benzene rings is 1. The van der Waals surface area contributed by atoms with Crippen molar-refractivity contribution in [3.63, 3.8) is 0 Å². The zero-order valence-electron chi connectivity index (χ0n) is 11.0. The predicted octanol–water partition coefficient (Wildman–Crippen LogP) is 4.40. The van der Waals surface area contributed by atoms with Gasteiger partial charge in [-0.1, -0.05) is 43.0 Å². The molecule has 1 N–H and O–H groups in total. The number of aromatic nitrogens is 2. The highest BCUT2D eigenvalue weighted by Crippen LogP contribution is 2.30. The molecule has 0 aliphatic rings. The van der Waals surface area contributed by atoms with Gasteiger partial charge in [-0.15, -0.1) is 10.2 Å². The minimum absolute atomic E-state index is 0.535. The molecule has 0 saturated carbocycles. The molecule has 0 saturated heterocycles. The Morgan fingerprint density at radius 3 is 2.61 bits per heavy atom. The van der Waals surface area contributed by atoms with Crippen molar-refractivity contribution in [3.05, 3.63) is 29.3 Å². The van der Waals surface area contributed by atoms with Gasteiger partial charge in [-0.2, -0.15) is 0 Å². The maximum Gasteiger partial charge on any atom is 0.210 e. The first kappa shape index (κ1) is 13.4. The van der Waals surface area contributed by atoms with Gasteiger partial charge in [0.2, 0.25) is 5.13 Å². The lowest BCUT2D eigenvalue weighted by atomic mass is 10.1. The van der Waals surface area contributed by atoms with Crippen LogP contribution in [0.4, 0.5) is 10.8 Å². The number of nitrogens with zero attached hydrogens (tertiary/aromatic N) is 2. The van der Waals surface area contributed by atoms with E-state index in [9.17, 15) is 0 Å². The van der Waals surface area contributed by atoms with Crippen LogP contribution in [-0.4, -0.2) is 15.4 Å². The number of thioether (sulfide) groups is 1. The van der Waals surface area contributed by atoms with Crippen LogP contribution in [0.25, 0.3) is 0 Å². The van der Waals surface area contributed by atoms with E-state index >= 15 is 0 Å². The molecule has 0 bridgehead atoms. The molecule has 0 unspecified atom stereocenters. The second kappa shape index (κ2) is 5.71. The molecule has 0 atom stereocenters. The fourth-order valence-corrected chi connectivity index (χ4v) is 3.45. The molecule has 0 spiro atoms. The standard InChI is InChI=1S/C13H17N3S2/c1-8(2)17-13-16-15-12(18-13)14-11-6-5-9(3)10(4)7-11/h5-8H,1-4H3,(H,14,15). The van der Waals surface area contributed by atoms with Crippen LogP contribution in [0.5, 0.6) is 0 Å². The normalized spacial score (nSPS) is 10.9. The van der Waals surface area contributed by atoms with Crippen molar-refractivity contribution in [3.8, 4) is 0 Å². The number of anilines is 2. The summed E-state index contributed by atoms with van der Waals surface area (Å²) in [4.78, 5) is 0. The first-order valence-corrected chi connectivity index (χ1v) is 7.58. The van der Waals surface area contributed by atoms with Crippen LogP contribution < -0.4 is 5.32 Å². The van der Waals surface area contributed by atoms with Gasteiger partial charge in [0.15, 0.2) is 4.34 Å². The number of hydrogen-bond donors (Lipinski definition) is 1. The van der Waals surface area contributed by atoms with Crippen molar-refractivity contribution in [1.82, 2.24) is 10.2 Å². The summed E-state index contributed by atoms with van der Waals surface area (Å²) >= 11 is 3.34. The highest BCUT2D eigenvalue weighted by molar-refractivity contribution is 8.01. The summed E-state index contributed by atoms with van der Waals surface area (Å²) < 4.78 is 1.01. The molecule has 0 fully saturated rings. The Morgan fingerprint density at radius 1 is 1.17 bits per heavy atom.